The van der Waals surface area contributed by atoms with E-state index in [2.05, 4.69) is 25.9 Å². The number of nitrogens with zero attached hydrogens (tertiary/aromatic N) is 2. The number of hydrogen-bond donors (Lipinski definition) is 3. The van der Waals surface area contributed by atoms with Crippen molar-refractivity contribution in [2.45, 2.75) is 18.9 Å². The second-order valence-corrected chi connectivity index (χ2v) is 6.20. The van der Waals surface area contributed by atoms with Gasteiger partial charge in [0, 0.05) is 12.5 Å². The fraction of sp³-hybridized carbons (Fsp3) is 0.222. The second kappa shape index (κ2) is 6.14. The minimum absolute atomic E-state index is 0.365. The Morgan fingerprint density at radius 2 is 2.08 bits per heavy atom. The van der Waals surface area contributed by atoms with Crippen LogP contribution in [0.4, 0.5) is 10.5 Å². The predicted octanol–water partition coefficient (Wildman–Crippen LogP) is 1.78. The van der Waals surface area contributed by atoms with Crippen LogP contribution < -0.4 is 16.0 Å². The van der Waals surface area contributed by atoms with E-state index in [1.54, 1.807) is 13.0 Å². The summed E-state index contributed by atoms with van der Waals surface area (Å²) >= 11 is 0. The van der Waals surface area contributed by atoms with Crippen molar-refractivity contribution < 1.29 is 14.0 Å². The maximum absolute atomic E-state index is 12.1. The summed E-state index contributed by atoms with van der Waals surface area (Å²) < 4.78 is 5.85. The van der Waals surface area contributed by atoms with E-state index in [0.29, 0.717) is 41.8 Å². The Morgan fingerprint density at radius 1 is 1.19 bits per heavy atom. The summed E-state index contributed by atoms with van der Waals surface area (Å²) in [6, 6.07) is 1.18. The van der Waals surface area contributed by atoms with Crippen molar-refractivity contribution in [2.24, 2.45) is 9.98 Å². The number of amides is 3. The highest BCUT2D eigenvalue weighted by molar-refractivity contribution is 6.13. The molecule has 0 aliphatic carbocycles. The fourth-order valence-corrected chi connectivity index (χ4v) is 2.85. The molecular weight excluding hydrogens is 334 g/mol. The van der Waals surface area contributed by atoms with Gasteiger partial charge in [-0.25, -0.2) is 9.79 Å². The zero-order valence-corrected chi connectivity index (χ0v) is 14.1. The lowest BCUT2D eigenvalue weighted by Crippen LogP contribution is -2.40. The molecule has 1 aromatic rings. The summed E-state index contributed by atoms with van der Waals surface area (Å²) in [7, 11) is 0. The maximum Gasteiger partial charge on any atom is 0.322 e. The molecule has 1 atom stereocenters. The zero-order chi connectivity index (χ0) is 18.1. The molecule has 8 heteroatoms. The van der Waals surface area contributed by atoms with E-state index in [0.717, 1.165) is 0 Å². The van der Waals surface area contributed by atoms with Gasteiger partial charge in [-0.05, 0) is 19.1 Å². The minimum Gasteiger partial charge on any atom is -0.460 e. The van der Waals surface area contributed by atoms with Crippen LogP contribution in [0.2, 0.25) is 0 Å². The molecule has 26 heavy (non-hydrogen) atoms. The first kappa shape index (κ1) is 16.1. The molecule has 0 aromatic carbocycles. The highest BCUT2D eigenvalue weighted by Crippen LogP contribution is 2.32. The van der Waals surface area contributed by atoms with Gasteiger partial charge in [-0.2, -0.15) is 0 Å². The van der Waals surface area contributed by atoms with Crippen LogP contribution >= 0.6 is 0 Å². The van der Waals surface area contributed by atoms with Crippen LogP contribution in [0.25, 0.3) is 0 Å². The van der Waals surface area contributed by atoms with E-state index in [4.69, 9.17) is 4.42 Å². The Hall–Kier alpha value is -3.42. The average Bonchev–Trinajstić information content (AvgIpc) is 2.90. The topological polar surface area (TPSA) is 108 Å². The van der Waals surface area contributed by atoms with Gasteiger partial charge < -0.3 is 15.1 Å². The molecule has 0 bridgehead atoms. The Morgan fingerprint density at radius 3 is 2.88 bits per heavy atom. The number of urea groups is 1. The number of aliphatic imine (C=N–C) groups is 2. The third-order valence-electron chi connectivity index (χ3n) is 4.27. The normalized spacial score (nSPS) is 25.9. The van der Waals surface area contributed by atoms with Gasteiger partial charge in [0.05, 0.1) is 12.2 Å². The second-order valence-electron chi connectivity index (χ2n) is 6.20. The van der Waals surface area contributed by atoms with E-state index in [9.17, 15) is 9.59 Å². The molecule has 3 N–H and O–H groups in total. The lowest BCUT2D eigenvalue weighted by atomic mass is 9.99. The highest BCUT2D eigenvalue weighted by atomic mass is 16.3. The van der Waals surface area contributed by atoms with Crippen LogP contribution in [-0.2, 0) is 16.8 Å². The fourth-order valence-electron chi connectivity index (χ4n) is 2.85. The number of rotatable bonds is 1. The van der Waals surface area contributed by atoms with Crippen molar-refractivity contribution in [2.75, 3.05) is 11.9 Å². The van der Waals surface area contributed by atoms with Gasteiger partial charge in [0.2, 0.25) is 0 Å². The SMILES string of the molecule is CC1(c2cc3c(o2)CC=CC(=NC2=NCC=CC=C2)N3)NC(=O)NC1=O. The molecule has 0 spiro atoms. The molecule has 132 valence electrons. The Labute approximate surface area is 149 Å². The van der Waals surface area contributed by atoms with E-state index >= 15 is 0 Å². The van der Waals surface area contributed by atoms with Crippen molar-refractivity contribution >= 4 is 29.3 Å². The predicted molar refractivity (Wildman–Crippen MR) is 97.2 cm³/mol. The molecular formula is C18H17N5O3. The van der Waals surface area contributed by atoms with Crippen molar-refractivity contribution in [3.05, 3.63) is 54.0 Å². The molecule has 3 amide bonds. The smallest absolute Gasteiger partial charge is 0.322 e. The first-order valence-corrected chi connectivity index (χ1v) is 8.21. The van der Waals surface area contributed by atoms with Crippen LogP contribution in [-0.4, -0.2) is 30.2 Å². The monoisotopic (exact) mass is 351 g/mol. The highest BCUT2D eigenvalue weighted by Gasteiger charge is 2.46. The molecule has 4 rings (SSSR count). The molecule has 0 radical (unpaired) electrons. The Balaban J connectivity index is 1.63. The van der Waals surface area contributed by atoms with Crippen LogP contribution in [0.5, 0.6) is 0 Å². The molecule has 0 saturated carbocycles. The molecule has 1 aromatic heterocycles. The quantitative estimate of drug-likeness (QED) is 0.670. The van der Waals surface area contributed by atoms with Gasteiger partial charge in [0.1, 0.15) is 23.2 Å². The number of hydrogen-bond acceptors (Lipinski definition) is 5. The Kier molecular flexibility index (Phi) is 3.80. The van der Waals surface area contributed by atoms with Crippen molar-refractivity contribution in [1.29, 1.82) is 0 Å². The number of fused-ring (bicyclic) bond motifs is 1. The first-order chi connectivity index (χ1) is 12.5. The third-order valence-corrected chi connectivity index (χ3v) is 4.27. The van der Waals surface area contributed by atoms with Crippen molar-refractivity contribution in [3.8, 4) is 0 Å². The van der Waals surface area contributed by atoms with E-state index in [1.165, 1.54) is 0 Å². The van der Waals surface area contributed by atoms with Gasteiger partial charge in [-0.1, -0.05) is 24.3 Å². The molecule has 4 heterocycles. The number of nitrogens with one attached hydrogen (secondary N) is 3. The summed E-state index contributed by atoms with van der Waals surface area (Å²) in [5.41, 5.74) is -0.526. The molecule has 8 nitrogen and oxygen atoms in total. The Bertz CT molecular complexity index is 935. The number of anilines is 1. The number of furan rings is 1. The number of imide groups is 1. The number of carbonyl (C=O) groups is 2. The molecule has 1 fully saturated rings. The average molecular weight is 351 g/mol. The maximum atomic E-state index is 12.1. The van der Waals surface area contributed by atoms with Crippen LogP contribution in [0.3, 0.4) is 0 Å². The number of allylic oxidation sites excluding steroid dienone is 3. The van der Waals surface area contributed by atoms with E-state index < -0.39 is 17.5 Å². The van der Waals surface area contributed by atoms with Crippen LogP contribution in [0.15, 0.2) is 56.9 Å². The summed E-state index contributed by atoms with van der Waals surface area (Å²) in [6.45, 7) is 2.19. The van der Waals surface area contributed by atoms with Gasteiger partial charge in [0.15, 0.2) is 5.54 Å². The first-order valence-electron chi connectivity index (χ1n) is 8.21. The summed E-state index contributed by atoms with van der Waals surface area (Å²) in [4.78, 5) is 32.5. The van der Waals surface area contributed by atoms with Crippen LogP contribution in [0, 0.1) is 0 Å². The van der Waals surface area contributed by atoms with Crippen molar-refractivity contribution in [3.63, 3.8) is 0 Å². The van der Waals surface area contributed by atoms with E-state index in [-0.39, 0.29) is 0 Å². The van der Waals surface area contributed by atoms with Crippen molar-refractivity contribution in [1.82, 2.24) is 10.6 Å². The van der Waals surface area contributed by atoms with Gasteiger partial charge in [0.25, 0.3) is 5.91 Å². The molecule has 3 aliphatic rings. The molecule has 1 unspecified atom stereocenters. The van der Waals surface area contributed by atoms with Crippen LogP contribution in [0.1, 0.15) is 18.4 Å². The lowest BCUT2D eigenvalue weighted by molar-refractivity contribution is -0.124. The zero-order valence-electron chi connectivity index (χ0n) is 14.1. The number of carbonyl (C=O) groups excluding carboxylic acids is 2. The number of amidine groups is 2. The summed E-state index contributed by atoms with van der Waals surface area (Å²) in [5, 5.41) is 8.04. The van der Waals surface area contributed by atoms with Gasteiger partial charge in [-0.3, -0.25) is 15.1 Å². The largest absolute Gasteiger partial charge is 0.460 e. The standard InChI is InChI=1S/C18H17N5O3/c1-18(16(24)22-17(25)23-18)13-10-11-12(26-13)6-5-8-15(20-11)21-14-7-3-2-4-9-19-14/h2-5,7-8,10H,6,9H2,1H3,(H,19,20,21)(H2,22,23,24,25). The van der Waals surface area contributed by atoms with Gasteiger partial charge >= 0.3 is 6.03 Å². The third kappa shape index (κ3) is 2.85. The summed E-state index contributed by atoms with van der Waals surface area (Å²) in [5.74, 6) is 1.82. The minimum atomic E-state index is -1.23. The van der Waals surface area contributed by atoms with Gasteiger partial charge in [-0.15, -0.1) is 0 Å². The van der Waals surface area contributed by atoms with E-state index in [1.807, 2.05) is 36.5 Å². The molecule has 1 saturated heterocycles. The lowest BCUT2D eigenvalue weighted by Gasteiger charge is -2.17. The summed E-state index contributed by atoms with van der Waals surface area (Å²) in [6.07, 6.45) is 11.9. The molecule has 3 aliphatic heterocycles.